The quantitative estimate of drug-likeness (QED) is 0.842. The van der Waals surface area contributed by atoms with E-state index in [1.807, 2.05) is 12.1 Å². The SMILES string of the molecule is O=C(O)c1ccc(COc2ccc(CN3CCCN4CCC[C@H]4C3)cc2)o1. The minimum Gasteiger partial charge on any atom is -0.486 e. The number of aromatic carboxylic acids is 1. The number of fused-ring (bicyclic) bond motifs is 1. The molecule has 0 aliphatic carbocycles. The summed E-state index contributed by atoms with van der Waals surface area (Å²) in [5.74, 6) is 0.120. The van der Waals surface area contributed by atoms with Gasteiger partial charge in [-0.15, -0.1) is 0 Å². The predicted molar refractivity (Wildman–Crippen MR) is 101 cm³/mol. The first-order chi connectivity index (χ1) is 13.2. The second-order valence-electron chi connectivity index (χ2n) is 7.42. The van der Waals surface area contributed by atoms with Crippen molar-refractivity contribution in [2.45, 2.75) is 38.5 Å². The Labute approximate surface area is 159 Å². The van der Waals surface area contributed by atoms with E-state index in [9.17, 15) is 4.79 Å². The van der Waals surface area contributed by atoms with Gasteiger partial charge in [-0.05, 0) is 68.7 Å². The number of furan rings is 1. The van der Waals surface area contributed by atoms with Gasteiger partial charge in [-0.1, -0.05) is 12.1 Å². The lowest BCUT2D eigenvalue weighted by Gasteiger charge is -2.25. The first kappa shape index (κ1) is 18.1. The third-order valence-corrected chi connectivity index (χ3v) is 5.47. The van der Waals surface area contributed by atoms with Crippen LogP contribution in [0.25, 0.3) is 0 Å². The van der Waals surface area contributed by atoms with Gasteiger partial charge in [0.05, 0.1) is 0 Å². The zero-order valence-corrected chi connectivity index (χ0v) is 15.5. The Hall–Kier alpha value is -2.31. The van der Waals surface area contributed by atoms with Gasteiger partial charge < -0.3 is 14.3 Å². The van der Waals surface area contributed by atoms with Crippen LogP contribution >= 0.6 is 0 Å². The fourth-order valence-electron chi connectivity index (χ4n) is 4.10. The molecule has 1 atom stereocenters. The average Bonchev–Trinajstić information content (AvgIpc) is 3.27. The number of carboxylic acid groups (broad SMARTS) is 1. The molecule has 27 heavy (non-hydrogen) atoms. The van der Waals surface area contributed by atoms with Gasteiger partial charge in [-0.2, -0.15) is 0 Å². The molecule has 2 saturated heterocycles. The number of carboxylic acids is 1. The summed E-state index contributed by atoms with van der Waals surface area (Å²) in [4.78, 5) is 16.1. The van der Waals surface area contributed by atoms with Crippen molar-refractivity contribution in [3.05, 3.63) is 53.5 Å². The molecule has 0 amide bonds. The van der Waals surface area contributed by atoms with E-state index < -0.39 is 5.97 Å². The van der Waals surface area contributed by atoms with E-state index >= 15 is 0 Å². The highest BCUT2D eigenvalue weighted by molar-refractivity contribution is 5.84. The first-order valence-electron chi connectivity index (χ1n) is 9.67. The summed E-state index contributed by atoms with van der Waals surface area (Å²) in [6, 6.07) is 12.0. The summed E-state index contributed by atoms with van der Waals surface area (Å²) < 4.78 is 10.9. The number of benzene rings is 1. The molecular weight excluding hydrogens is 344 g/mol. The van der Waals surface area contributed by atoms with Crippen LogP contribution in [-0.4, -0.2) is 53.1 Å². The van der Waals surface area contributed by atoms with Crippen molar-refractivity contribution in [1.29, 1.82) is 0 Å². The normalized spacial score (nSPS) is 21.0. The highest BCUT2D eigenvalue weighted by Crippen LogP contribution is 2.23. The van der Waals surface area contributed by atoms with Crippen molar-refractivity contribution >= 4 is 5.97 Å². The van der Waals surface area contributed by atoms with Crippen molar-refractivity contribution in [3.63, 3.8) is 0 Å². The fraction of sp³-hybridized carbons (Fsp3) is 0.476. The molecule has 1 N–H and O–H groups in total. The summed E-state index contributed by atoms with van der Waals surface area (Å²) in [5, 5.41) is 8.88. The van der Waals surface area contributed by atoms with Gasteiger partial charge in [0.2, 0.25) is 5.76 Å². The standard InChI is InChI=1S/C21H26N2O4/c24-21(25)20-9-8-19(27-20)15-26-18-6-4-16(5-7-18)13-22-10-2-12-23-11-1-3-17(23)14-22/h4-9,17H,1-3,10-15H2,(H,24,25)/t17-/m0/s1. The number of nitrogens with zero attached hydrogens (tertiary/aromatic N) is 2. The van der Waals surface area contributed by atoms with Crippen molar-refractivity contribution < 1.29 is 19.1 Å². The van der Waals surface area contributed by atoms with E-state index in [-0.39, 0.29) is 12.4 Å². The lowest BCUT2D eigenvalue weighted by atomic mass is 10.1. The Kier molecular flexibility index (Phi) is 5.45. The van der Waals surface area contributed by atoms with Gasteiger partial charge in [0.1, 0.15) is 18.1 Å². The Morgan fingerprint density at radius 1 is 1.11 bits per heavy atom. The van der Waals surface area contributed by atoms with Crippen molar-refractivity contribution in [3.8, 4) is 5.75 Å². The van der Waals surface area contributed by atoms with Crippen LogP contribution in [0.15, 0.2) is 40.8 Å². The average molecular weight is 370 g/mol. The molecule has 1 aromatic heterocycles. The molecule has 2 fully saturated rings. The lowest BCUT2D eigenvalue weighted by Crippen LogP contribution is -2.36. The van der Waals surface area contributed by atoms with Gasteiger partial charge in [0.15, 0.2) is 0 Å². The Morgan fingerprint density at radius 3 is 2.70 bits per heavy atom. The summed E-state index contributed by atoms with van der Waals surface area (Å²) in [5.41, 5.74) is 1.29. The minimum absolute atomic E-state index is 0.0674. The highest BCUT2D eigenvalue weighted by atomic mass is 16.5. The second-order valence-corrected chi connectivity index (χ2v) is 7.42. The zero-order chi connectivity index (χ0) is 18.6. The molecule has 0 saturated carbocycles. The molecule has 0 bridgehead atoms. The molecule has 0 radical (unpaired) electrons. The molecule has 2 aliphatic heterocycles. The van der Waals surface area contributed by atoms with Gasteiger partial charge in [0, 0.05) is 19.1 Å². The maximum absolute atomic E-state index is 10.8. The summed E-state index contributed by atoms with van der Waals surface area (Å²) >= 11 is 0. The van der Waals surface area contributed by atoms with E-state index in [0.717, 1.165) is 24.9 Å². The van der Waals surface area contributed by atoms with Crippen LogP contribution in [0, 0.1) is 0 Å². The minimum atomic E-state index is -1.07. The van der Waals surface area contributed by atoms with Crippen LogP contribution in [0.5, 0.6) is 5.75 Å². The molecule has 0 unspecified atom stereocenters. The third kappa shape index (κ3) is 4.51. The molecule has 6 nitrogen and oxygen atoms in total. The number of ether oxygens (including phenoxy) is 1. The van der Waals surface area contributed by atoms with Gasteiger partial charge in [0.25, 0.3) is 0 Å². The maximum Gasteiger partial charge on any atom is 0.371 e. The van der Waals surface area contributed by atoms with Crippen molar-refractivity contribution in [1.82, 2.24) is 9.80 Å². The molecular formula is C21H26N2O4. The fourth-order valence-corrected chi connectivity index (χ4v) is 4.10. The topological polar surface area (TPSA) is 66.2 Å². The molecule has 2 aromatic rings. The molecule has 3 heterocycles. The Morgan fingerprint density at radius 2 is 1.93 bits per heavy atom. The van der Waals surface area contributed by atoms with Crippen LogP contribution in [-0.2, 0) is 13.2 Å². The molecule has 6 heteroatoms. The molecule has 2 aliphatic rings. The predicted octanol–water partition coefficient (Wildman–Crippen LogP) is 3.23. The third-order valence-electron chi connectivity index (χ3n) is 5.47. The number of hydrogen-bond donors (Lipinski definition) is 1. The van der Waals surface area contributed by atoms with Gasteiger partial charge in [-0.25, -0.2) is 4.79 Å². The maximum atomic E-state index is 10.8. The lowest BCUT2D eigenvalue weighted by molar-refractivity contribution is 0.0658. The van der Waals surface area contributed by atoms with Crippen LogP contribution < -0.4 is 4.74 Å². The second kappa shape index (κ2) is 8.15. The van der Waals surface area contributed by atoms with E-state index in [1.54, 1.807) is 6.07 Å². The van der Waals surface area contributed by atoms with Gasteiger partial charge >= 0.3 is 5.97 Å². The smallest absolute Gasteiger partial charge is 0.371 e. The van der Waals surface area contributed by atoms with E-state index in [0.29, 0.717) is 5.76 Å². The van der Waals surface area contributed by atoms with Crippen molar-refractivity contribution in [2.75, 3.05) is 26.2 Å². The van der Waals surface area contributed by atoms with Crippen LogP contribution in [0.1, 0.15) is 41.1 Å². The number of carbonyl (C=O) groups is 1. The molecule has 4 rings (SSSR count). The zero-order valence-electron chi connectivity index (χ0n) is 15.5. The van der Waals surface area contributed by atoms with Crippen LogP contribution in [0.3, 0.4) is 0 Å². The van der Waals surface area contributed by atoms with Crippen LogP contribution in [0.2, 0.25) is 0 Å². The summed E-state index contributed by atoms with van der Waals surface area (Å²) in [6.07, 6.45) is 3.92. The van der Waals surface area contributed by atoms with E-state index in [1.165, 1.54) is 50.5 Å². The largest absolute Gasteiger partial charge is 0.486 e. The first-order valence-corrected chi connectivity index (χ1v) is 9.67. The summed E-state index contributed by atoms with van der Waals surface area (Å²) in [6.45, 7) is 6.04. The van der Waals surface area contributed by atoms with Gasteiger partial charge in [-0.3, -0.25) is 9.80 Å². The Balaban J connectivity index is 1.29. The molecule has 144 valence electrons. The molecule has 0 spiro atoms. The highest BCUT2D eigenvalue weighted by Gasteiger charge is 2.28. The number of hydrogen-bond acceptors (Lipinski definition) is 5. The number of rotatable bonds is 6. The van der Waals surface area contributed by atoms with Crippen LogP contribution in [0.4, 0.5) is 0 Å². The summed E-state index contributed by atoms with van der Waals surface area (Å²) in [7, 11) is 0. The molecule has 1 aromatic carbocycles. The monoisotopic (exact) mass is 370 g/mol. The van der Waals surface area contributed by atoms with E-state index in [4.69, 9.17) is 14.3 Å². The Bertz CT molecular complexity index is 771. The van der Waals surface area contributed by atoms with Crippen molar-refractivity contribution in [2.24, 2.45) is 0 Å². The van der Waals surface area contributed by atoms with E-state index in [2.05, 4.69) is 21.9 Å².